The Kier molecular flexibility index (Phi) is 4.63. The lowest BCUT2D eigenvalue weighted by molar-refractivity contribution is 0.149. The Morgan fingerprint density at radius 3 is 2.71 bits per heavy atom. The Bertz CT molecular complexity index is 392. The van der Waals surface area contributed by atoms with E-state index in [1.165, 1.54) is 12.1 Å². The number of rotatable bonds is 4. The lowest BCUT2D eigenvalue weighted by atomic mass is 10.1. The minimum Gasteiger partial charge on any atom is -0.504 e. The van der Waals surface area contributed by atoms with Crippen LogP contribution in [0, 0.1) is 0 Å². The van der Waals surface area contributed by atoms with E-state index in [1.807, 2.05) is 6.92 Å². The molecule has 0 spiro atoms. The second-order valence-electron chi connectivity index (χ2n) is 3.79. The van der Waals surface area contributed by atoms with Crippen molar-refractivity contribution in [3.63, 3.8) is 0 Å². The van der Waals surface area contributed by atoms with Crippen LogP contribution in [0.15, 0.2) is 18.2 Å². The van der Waals surface area contributed by atoms with E-state index in [-0.39, 0.29) is 17.5 Å². The number of benzene rings is 1. The first kappa shape index (κ1) is 13.2. The van der Waals surface area contributed by atoms with E-state index in [0.717, 1.165) is 5.56 Å². The van der Waals surface area contributed by atoms with Gasteiger partial charge in [0.25, 0.3) is 0 Å². The van der Waals surface area contributed by atoms with E-state index < -0.39 is 6.09 Å². The lowest BCUT2D eigenvalue weighted by Gasteiger charge is -2.13. The molecule has 0 saturated heterocycles. The molecule has 1 amide bonds. The first-order chi connectivity index (χ1) is 8.02. The SMILES string of the molecule is CCOC(=O)N[C@H](C)Cc1ccc(O)c(O)c1. The molecular weight excluding hydrogens is 222 g/mol. The first-order valence-electron chi connectivity index (χ1n) is 5.47. The number of nitrogens with one attached hydrogen (secondary N) is 1. The number of carbonyl (C=O) groups excluding carboxylic acids is 1. The van der Waals surface area contributed by atoms with Crippen LogP contribution in [-0.2, 0) is 11.2 Å². The second-order valence-corrected chi connectivity index (χ2v) is 3.79. The van der Waals surface area contributed by atoms with Gasteiger partial charge in [-0.05, 0) is 38.0 Å². The van der Waals surface area contributed by atoms with E-state index in [4.69, 9.17) is 9.84 Å². The van der Waals surface area contributed by atoms with Gasteiger partial charge in [-0.3, -0.25) is 0 Å². The van der Waals surface area contributed by atoms with Gasteiger partial charge in [-0.1, -0.05) is 6.07 Å². The molecule has 0 unspecified atom stereocenters. The minimum absolute atomic E-state index is 0.113. The summed E-state index contributed by atoms with van der Waals surface area (Å²) in [6.07, 6.45) is 0.0927. The quantitative estimate of drug-likeness (QED) is 0.700. The zero-order valence-electron chi connectivity index (χ0n) is 9.93. The normalized spacial score (nSPS) is 11.9. The van der Waals surface area contributed by atoms with Crippen molar-refractivity contribution in [2.24, 2.45) is 0 Å². The van der Waals surface area contributed by atoms with Crippen LogP contribution in [0.2, 0.25) is 0 Å². The summed E-state index contributed by atoms with van der Waals surface area (Å²) in [5.41, 5.74) is 0.824. The van der Waals surface area contributed by atoms with Gasteiger partial charge in [-0.25, -0.2) is 4.79 Å². The van der Waals surface area contributed by atoms with Gasteiger partial charge in [-0.2, -0.15) is 0 Å². The number of phenols is 2. The molecular formula is C12H17NO4. The van der Waals surface area contributed by atoms with Crippen LogP contribution in [0.1, 0.15) is 19.4 Å². The molecule has 3 N–H and O–H groups in total. The molecule has 0 aromatic heterocycles. The maximum absolute atomic E-state index is 11.1. The highest BCUT2D eigenvalue weighted by Gasteiger charge is 2.09. The summed E-state index contributed by atoms with van der Waals surface area (Å²) in [4.78, 5) is 11.1. The highest BCUT2D eigenvalue weighted by Crippen LogP contribution is 2.25. The van der Waals surface area contributed by atoms with Crippen LogP contribution in [-0.4, -0.2) is 29.0 Å². The number of aromatic hydroxyl groups is 2. The molecule has 1 aromatic rings. The number of carbonyl (C=O) groups is 1. The van der Waals surface area contributed by atoms with Crippen LogP contribution in [0.4, 0.5) is 4.79 Å². The Labute approximate surface area is 100 Å². The van der Waals surface area contributed by atoms with Gasteiger partial charge in [0.05, 0.1) is 6.61 Å². The van der Waals surface area contributed by atoms with Crippen molar-refractivity contribution in [3.8, 4) is 11.5 Å². The topological polar surface area (TPSA) is 78.8 Å². The van der Waals surface area contributed by atoms with Gasteiger partial charge in [0.1, 0.15) is 0 Å². The minimum atomic E-state index is -0.456. The second kappa shape index (κ2) is 5.98. The lowest BCUT2D eigenvalue weighted by Crippen LogP contribution is -2.34. The third kappa shape index (κ3) is 4.22. The predicted molar refractivity (Wildman–Crippen MR) is 63.1 cm³/mol. The van der Waals surface area contributed by atoms with Crippen molar-refractivity contribution in [2.75, 3.05) is 6.61 Å². The molecule has 5 nitrogen and oxygen atoms in total. The zero-order chi connectivity index (χ0) is 12.8. The Morgan fingerprint density at radius 2 is 2.12 bits per heavy atom. The van der Waals surface area contributed by atoms with Crippen LogP contribution >= 0.6 is 0 Å². The van der Waals surface area contributed by atoms with Crippen molar-refractivity contribution in [2.45, 2.75) is 26.3 Å². The van der Waals surface area contributed by atoms with Crippen molar-refractivity contribution >= 4 is 6.09 Å². The van der Waals surface area contributed by atoms with Crippen molar-refractivity contribution in [1.82, 2.24) is 5.32 Å². The summed E-state index contributed by atoms with van der Waals surface area (Å²) >= 11 is 0. The first-order valence-corrected chi connectivity index (χ1v) is 5.47. The largest absolute Gasteiger partial charge is 0.504 e. The van der Waals surface area contributed by atoms with E-state index in [1.54, 1.807) is 13.0 Å². The van der Waals surface area contributed by atoms with Gasteiger partial charge in [0, 0.05) is 6.04 Å². The number of hydrogen-bond donors (Lipinski definition) is 3. The number of hydrogen-bond acceptors (Lipinski definition) is 4. The van der Waals surface area contributed by atoms with Gasteiger partial charge in [0.2, 0.25) is 0 Å². The van der Waals surface area contributed by atoms with E-state index in [2.05, 4.69) is 5.32 Å². The fraction of sp³-hybridized carbons (Fsp3) is 0.417. The average molecular weight is 239 g/mol. The highest BCUT2D eigenvalue weighted by atomic mass is 16.5. The standard InChI is InChI=1S/C12H17NO4/c1-3-17-12(16)13-8(2)6-9-4-5-10(14)11(15)7-9/h4-5,7-8,14-15H,3,6H2,1-2H3,(H,13,16)/t8-/m1/s1. The average Bonchev–Trinajstić information content (AvgIpc) is 2.23. The molecule has 0 aliphatic heterocycles. The molecule has 0 bridgehead atoms. The summed E-state index contributed by atoms with van der Waals surface area (Å²) < 4.78 is 4.75. The van der Waals surface area contributed by atoms with Crippen LogP contribution in [0.25, 0.3) is 0 Å². The van der Waals surface area contributed by atoms with Crippen molar-refractivity contribution in [3.05, 3.63) is 23.8 Å². The summed E-state index contributed by atoms with van der Waals surface area (Å²) in [7, 11) is 0. The fourth-order valence-corrected chi connectivity index (χ4v) is 1.47. The third-order valence-corrected chi connectivity index (χ3v) is 2.22. The maximum Gasteiger partial charge on any atom is 0.407 e. The smallest absolute Gasteiger partial charge is 0.407 e. The van der Waals surface area contributed by atoms with E-state index in [9.17, 15) is 9.90 Å². The summed E-state index contributed by atoms with van der Waals surface area (Å²) in [6, 6.07) is 4.47. The molecule has 0 fully saturated rings. The molecule has 0 heterocycles. The molecule has 0 aliphatic rings. The Hall–Kier alpha value is -1.91. The molecule has 5 heteroatoms. The maximum atomic E-state index is 11.1. The molecule has 94 valence electrons. The number of ether oxygens (including phenoxy) is 1. The van der Waals surface area contributed by atoms with E-state index >= 15 is 0 Å². The van der Waals surface area contributed by atoms with E-state index in [0.29, 0.717) is 13.0 Å². The Balaban J connectivity index is 2.53. The van der Waals surface area contributed by atoms with Gasteiger partial charge >= 0.3 is 6.09 Å². The van der Waals surface area contributed by atoms with Crippen molar-refractivity contribution < 1.29 is 19.7 Å². The molecule has 0 saturated carbocycles. The summed E-state index contributed by atoms with van der Waals surface area (Å²) in [5.74, 6) is -0.314. The van der Waals surface area contributed by atoms with Crippen LogP contribution < -0.4 is 5.32 Å². The molecule has 1 atom stereocenters. The monoisotopic (exact) mass is 239 g/mol. The molecule has 1 aromatic carbocycles. The number of amides is 1. The Morgan fingerprint density at radius 1 is 1.41 bits per heavy atom. The highest BCUT2D eigenvalue weighted by molar-refractivity contribution is 5.67. The number of phenolic OH excluding ortho intramolecular Hbond substituents is 2. The third-order valence-electron chi connectivity index (χ3n) is 2.22. The van der Waals surface area contributed by atoms with Crippen molar-refractivity contribution in [1.29, 1.82) is 0 Å². The van der Waals surface area contributed by atoms with Gasteiger partial charge in [-0.15, -0.1) is 0 Å². The molecule has 0 radical (unpaired) electrons. The number of alkyl carbamates (subject to hydrolysis) is 1. The summed E-state index contributed by atoms with van der Waals surface area (Å²) in [6.45, 7) is 3.90. The van der Waals surface area contributed by atoms with Crippen LogP contribution in [0.5, 0.6) is 11.5 Å². The van der Waals surface area contributed by atoms with Gasteiger partial charge < -0.3 is 20.3 Å². The predicted octanol–water partition coefficient (Wildman–Crippen LogP) is 1.77. The van der Waals surface area contributed by atoms with Gasteiger partial charge in [0.15, 0.2) is 11.5 Å². The zero-order valence-corrected chi connectivity index (χ0v) is 9.93. The fourth-order valence-electron chi connectivity index (χ4n) is 1.47. The molecule has 1 rings (SSSR count). The molecule has 17 heavy (non-hydrogen) atoms. The summed E-state index contributed by atoms with van der Waals surface area (Å²) in [5, 5.41) is 21.1. The molecule has 0 aliphatic carbocycles. The van der Waals surface area contributed by atoms with Crippen LogP contribution in [0.3, 0.4) is 0 Å².